The molecule has 0 spiro atoms. The number of halogens is 1. The third-order valence-corrected chi connectivity index (χ3v) is 1.10. The Bertz CT molecular complexity index is 252. The molecule has 0 fully saturated rings. The van der Waals surface area contributed by atoms with Crippen LogP contribution in [0.2, 0.25) is 0 Å². The topological polar surface area (TPSA) is 9.23 Å². The molecule has 0 heterocycles. The molecule has 0 saturated carbocycles. The third-order valence-electron chi connectivity index (χ3n) is 1.10. The van der Waals surface area contributed by atoms with E-state index in [1.54, 1.807) is 0 Å². The fraction of sp³-hybridized carbons (Fsp3) is 0.500. The molecule has 0 aromatic heterocycles. The van der Waals surface area contributed by atoms with Gasteiger partial charge in [-0.05, 0) is 20.8 Å². The second-order valence-electron chi connectivity index (χ2n) is 4.94. The Kier molecular flexibility index (Phi) is 15.0. The van der Waals surface area contributed by atoms with Crippen molar-refractivity contribution in [3.63, 3.8) is 0 Å². The molecule has 0 bridgehead atoms. The van der Waals surface area contributed by atoms with E-state index in [2.05, 4.69) is 26.8 Å². The van der Waals surface area contributed by atoms with Crippen LogP contribution in [0.3, 0.4) is 0 Å². The van der Waals surface area contributed by atoms with Crippen LogP contribution < -0.4 is 4.74 Å². The molecule has 0 saturated heterocycles. The first-order chi connectivity index (χ1) is 6.81. The van der Waals surface area contributed by atoms with E-state index in [1.165, 1.54) is 5.92 Å². The monoisotopic (exact) mass is 310 g/mol. The van der Waals surface area contributed by atoms with E-state index in [9.17, 15) is 0 Å². The zero-order valence-electron chi connectivity index (χ0n) is 11.8. The second-order valence-corrected chi connectivity index (χ2v) is 4.94. The van der Waals surface area contributed by atoms with Gasteiger partial charge in [0.25, 0.3) is 0 Å². The molecule has 1 rings (SSSR count). The molecule has 1 aromatic carbocycles. The molecule has 3 heteroatoms. The van der Waals surface area contributed by atoms with Gasteiger partial charge in [0.15, 0.2) is 0 Å². The Morgan fingerprint density at radius 2 is 1.59 bits per heavy atom. The molecule has 0 aliphatic carbocycles. The summed E-state index contributed by atoms with van der Waals surface area (Å²) in [5.41, 5.74) is -0.127. The van der Waals surface area contributed by atoms with Gasteiger partial charge in [-0.1, -0.05) is 0 Å². The van der Waals surface area contributed by atoms with Crippen molar-refractivity contribution in [2.24, 2.45) is 0 Å². The fourth-order valence-electron chi connectivity index (χ4n) is 0.770. The number of hydrogen-bond donors (Lipinski definition) is 0. The Hall–Kier alpha value is 0.266. The van der Waals surface area contributed by atoms with Crippen molar-refractivity contribution in [2.45, 2.75) is 47.1 Å². The van der Waals surface area contributed by atoms with Gasteiger partial charge in [0.05, 0.1) is 5.60 Å². The van der Waals surface area contributed by atoms with E-state index in [4.69, 9.17) is 4.74 Å². The molecular formula is C14H23BrMgO. The van der Waals surface area contributed by atoms with E-state index in [1.807, 2.05) is 45.0 Å². The summed E-state index contributed by atoms with van der Waals surface area (Å²) >= 11 is 0. The van der Waals surface area contributed by atoms with Crippen LogP contribution in [0.1, 0.15) is 41.5 Å². The van der Waals surface area contributed by atoms with Gasteiger partial charge in [-0.2, -0.15) is 39.0 Å². The Morgan fingerprint density at radius 3 is 1.88 bits per heavy atom. The molecule has 17 heavy (non-hydrogen) atoms. The average Bonchev–Trinajstić information content (AvgIpc) is 2.01. The normalized spacial score (nSPS) is 9.35. The van der Waals surface area contributed by atoms with Gasteiger partial charge >= 0.3 is 23.1 Å². The Balaban J connectivity index is -0.000000289. The summed E-state index contributed by atoms with van der Waals surface area (Å²) in [6.45, 7) is 12.3. The van der Waals surface area contributed by atoms with E-state index >= 15 is 0 Å². The standard InChI is InChI=1S/C10H13O.C4H9.BrH.Mg/c1-10(2,3)11-9-7-5-4-6-8-9;1-4(2)3;;/h4-7H,1-3H3;1-3H3;1H;/q2*-1;;+2. The van der Waals surface area contributed by atoms with Crippen molar-refractivity contribution in [3.05, 3.63) is 36.2 Å². The summed E-state index contributed by atoms with van der Waals surface area (Å²) in [5, 5.41) is 0. The van der Waals surface area contributed by atoms with Crippen molar-refractivity contribution in [1.82, 2.24) is 0 Å². The molecule has 1 nitrogen and oxygen atoms in total. The summed E-state index contributed by atoms with van der Waals surface area (Å²) in [5.74, 6) is 2.22. The fourth-order valence-corrected chi connectivity index (χ4v) is 0.770. The smallest absolute Gasteiger partial charge is 0.514 e. The van der Waals surface area contributed by atoms with Gasteiger partial charge in [-0.25, -0.2) is 0 Å². The van der Waals surface area contributed by atoms with E-state index in [0.29, 0.717) is 0 Å². The Morgan fingerprint density at radius 1 is 1.12 bits per heavy atom. The number of hydrogen-bond acceptors (Lipinski definition) is 1. The molecule has 0 N–H and O–H groups in total. The molecule has 0 amide bonds. The van der Waals surface area contributed by atoms with Crippen molar-refractivity contribution in [3.8, 4) is 5.75 Å². The summed E-state index contributed by atoms with van der Waals surface area (Å²) in [6, 6.07) is 10.6. The second kappa shape index (κ2) is 11.4. The summed E-state index contributed by atoms with van der Waals surface area (Å²) in [6.07, 6.45) is 0. The van der Waals surface area contributed by atoms with Crippen molar-refractivity contribution in [1.29, 1.82) is 0 Å². The van der Waals surface area contributed by atoms with Gasteiger partial charge in [-0.3, -0.25) is 0 Å². The van der Waals surface area contributed by atoms with Crippen LogP contribution in [0, 0.1) is 12.0 Å². The zero-order valence-corrected chi connectivity index (χ0v) is 15.0. The largest absolute Gasteiger partial charge is 2.00 e. The molecular weight excluding hydrogens is 288 g/mol. The number of para-hydroxylation sites is 1. The van der Waals surface area contributed by atoms with E-state index in [0.717, 1.165) is 5.75 Å². The van der Waals surface area contributed by atoms with Gasteiger partial charge in [0.1, 0.15) is 0 Å². The van der Waals surface area contributed by atoms with Crippen LogP contribution in [0.5, 0.6) is 5.75 Å². The van der Waals surface area contributed by atoms with E-state index in [-0.39, 0.29) is 45.6 Å². The molecule has 0 atom stereocenters. The number of rotatable bonds is 1. The number of ether oxygens (including phenoxy) is 1. The number of benzene rings is 1. The van der Waals surface area contributed by atoms with Crippen molar-refractivity contribution >= 4 is 40.0 Å². The quantitative estimate of drug-likeness (QED) is 0.549. The molecule has 0 radical (unpaired) electrons. The molecule has 0 unspecified atom stereocenters. The van der Waals surface area contributed by atoms with Crippen molar-refractivity contribution in [2.75, 3.05) is 0 Å². The van der Waals surface area contributed by atoms with Crippen molar-refractivity contribution < 1.29 is 4.74 Å². The average molecular weight is 312 g/mol. The van der Waals surface area contributed by atoms with Gasteiger partial charge in [0, 0.05) is 5.75 Å². The first-order valence-corrected chi connectivity index (χ1v) is 5.24. The summed E-state index contributed by atoms with van der Waals surface area (Å²) < 4.78 is 5.55. The maximum atomic E-state index is 5.55. The molecule has 1 aromatic rings. The van der Waals surface area contributed by atoms with Gasteiger partial charge in [-0.15, -0.1) is 29.1 Å². The van der Waals surface area contributed by atoms with E-state index < -0.39 is 0 Å². The van der Waals surface area contributed by atoms with Crippen LogP contribution in [-0.2, 0) is 0 Å². The molecule has 94 valence electrons. The Labute approximate surface area is 133 Å². The maximum Gasteiger partial charge on any atom is 2.00 e. The maximum absolute atomic E-state index is 5.55. The summed E-state index contributed by atoms with van der Waals surface area (Å²) in [7, 11) is 0. The van der Waals surface area contributed by atoms with Gasteiger partial charge < -0.3 is 10.7 Å². The minimum absolute atomic E-state index is 0. The first-order valence-electron chi connectivity index (χ1n) is 5.24. The first kappa shape index (κ1) is 22.4. The zero-order chi connectivity index (χ0) is 11.9. The minimum Gasteiger partial charge on any atom is -0.514 e. The molecule has 0 aliphatic rings. The SMILES string of the molecule is Br.CC(C)(C)Oc1[c-]cccc1.C[C-](C)C.[Mg+2]. The van der Waals surface area contributed by atoms with Crippen LogP contribution in [0.15, 0.2) is 24.3 Å². The third kappa shape index (κ3) is 18.8. The molecule has 0 aliphatic heterocycles. The van der Waals surface area contributed by atoms with Crippen LogP contribution in [0.25, 0.3) is 0 Å². The van der Waals surface area contributed by atoms with Crippen LogP contribution in [0.4, 0.5) is 0 Å². The van der Waals surface area contributed by atoms with Crippen LogP contribution in [-0.4, -0.2) is 28.7 Å². The van der Waals surface area contributed by atoms with Crippen LogP contribution >= 0.6 is 17.0 Å². The predicted molar refractivity (Wildman–Crippen MR) is 82.0 cm³/mol. The predicted octanol–water partition coefficient (Wildman–Crippen LogP) is 4.48. The minimum atomic E-state index is -0.127. The summed E-state index contributed by atoms with van der Waals surface area (Å²) in [4.78, 5) is 0. The van der Waals surface area contributed by atoms with Gasteiger partial charge in [0.2, 0.25) is 0 Å².